The topological polar surface area (TPSA) is 59.1 Å². The van der Waals surface area contributed by atoms with Crippen LogP contribution in [0, 0.1) is 5.41 Å². The van der Waals surface area contributed by atoms with Crippen LogP contribution in [-0.2, 0) is 0 Å². The second kappa shape index (κ2) is 2.70. The Morgan fingerprint density at radius 1 is 1.70 bits per heavy atom. The van der Waals surface area contributed by atoms with Gasteiger partial charge in [0.2, 0.25) is 0 Å². The fraction of sp³-hybridized carbons (Fsp3) is 0.167. The van der Waals surface area contributed by atoms with Crippen molar-refractivity contribution in [2.24, 2.45) is 5.73 Å². The summed E-state index contributed by atoms with van der Waals surface area (Å²) in [4.78, 5) is 0.747. The first-order valence-electron chi connectivity index (χ1n) is 2.72. The number of rotatable bonds is 2. The molecule has 1 aromatic rings. The summed E-state index contributed by atoms with van der Waals surface area (Å²) in [5.41, 5.74) is 5.22. The quantitative estimate of drug-likeness (QED) is 0.496. The Morgan fingerprint density at radius 2 is 2.40 bits per heavy atom. The predicted octanol–water partition coefficient (Wildman–Crippen LogP) is 1.04. The van der Waals surface area contributed by atoms with E-state index in [1.54, 1.807) is 19.2 Å². The number of thiophene rings is 1. The summed E-state index contributed by atoms with van der Waals surface area (Å²) < 4.78 is 4.91. The van der Waals surface area contributed by atoms with Crippen molar-refractivity contribution in [2.75, 3.05) is 7.11 Å². The third kappa shape index (κ3) is 1.27. The average Bonchev–Trinajstić information content (AvgIpc) is 2.34. The smallest absolute Gasteiger partial charge is 0.173 e. The summed E-state index contributed by atoms with van der Waals surface area (Å²) in [5.74, 6) is 0.0910. The predicted molar refractivity (Wildman–Crippen MR) is 41.9 cm³/mol. The molecule has 0 unspecified atom stereocenters. The van der Waals surface area contributed by atoms with Crippen molar-refractivity contribution in [2.45, 2.75) is 0 Å². The van der Waals surface area contributed by atoms with Crippen LogP contribution in [0.3, 0.4) is 0 Å². The second-order valence-electron chi connectivity index (χ2n) is 1.74. The SMILES string of the molecule is COc1ccc(C(=N)N)s1. The molecule has 0 aromatic carbocycles. The summed E-state index contributed by atoms with van der Waals surface area (Å²) in [6.45, 7) is 0. The van der Waals surface area contributed by atoms with E-state index in [4.69, 9.17) is 15.9 Å². The zero-order valence-electron chi connectivity index (χ0n) is 5.55. The molecule has 1 rings (SSSR count). The van der Waals surface area contributed by atoms with Gasteiger partial charge in [0.05, 0.1) is 12.0 Å². The van der Waals surface area contributed by atoms with Crippen LogP contribution in [0.5, 0.6) is 5.06 Å². The molecule has 4 heteroatoms. The maximum absolute atomic E-state index is 7.06. The van der Waals surface area contributed by atoms with Gasteiger partial charge >= 0.3 is 0 Å². The van der Waals surface area contributed by atoms with Crippen LogP contribution >= 0.6 is 11.3 Å². The molecule has 10 heavy (non-hydrogen) atoms. The van der Waals surface area contributed by atoms with Gasteiger partial charge in [-0.05, 0) is 12.1 Å². The van der Waals surface area contributed by atoms with Crippen LogP contribution in [-0.4, -0.2) is 12.9 Å². The van der Waals surface area contributed by atoms with Gasteiger partial charge in [0.25, 0.3) is 0 Å². The first kappa shape index (κ1) is 7.08. The molecule has 0 saturated carbocycles. The highest BCUT2D eigenvalue weighted by atomic mass is 32.1. The summed E-state index contributed by atoms with van der Waals surface area (Å²) in [6, 6.07) is 3.56. The van der Waals surface area contributed by atoms with Gasteiger partial charge in [0.1, 0.15) is 5.84 Å². The van der Waals surface area contributed by atoms with E-state index in [2.05, 4.69) is 0 Å². The van der Waals surface area contributed by atoms with E-state index < -0.39 is 0 Å². The molecule has 0 spiro atoms. The second-order valence-corrected chi connectivity index (χ2v) is 2.78. The van der Waals surface area contributed by atoms with Crippen molar-refractivity contribution in [3.63, 3.8) is 0 Å². The van der Waals surface area contributed by atoms with Crippen molar-refractivity contribution >= 4 is 17.2 Å². The highest BCUT2D eigenvalue weighted by Gasteiger charge is 2.00. The Kier molecular flexibility index (Phi) is 1.91. The molecular weight excluding hydrogens is 148 g/mol. The number of ether oxygens (including phenoxy) is 1. The number of amidine groups is 1. The maximum Gasteiger partial charge on any atom is 0.173 e. The Hall–Kier alpha value is -1.03. The van der Waals surface area contributed by atoms with Crippen LogP contribution < -0.4 is 10.5 Å². The highest BCUT2D eigenvalue weighted by Crippen LogP contribution is 2.22. The lowest BCUT2D eigenvalue weighted by Crippen LogP contribution is -2.08. The number of methoxy groups -OCH3 is 1. The third-order valence-electron chi connectivity index (χ3n) is 1.05. The Bertz CT molecular complexity index is 244. The van der Waals surface area contributed by atoms with Gasteiger partial charge < -0.3 is 10.5 Å². The molecule has 3 N–H and O–H groups in total. The van der Waals surface area contributed by atoms with E-state index >= 15 is 0 Å². The lowest BCUT2D eigenvalue weighted by Gasteiger charge is -1.89. The van der Waals surface area contributed by atoms with E-state index in [9.17, 15) is 0 Å². The highest BCUT2D eigenvalue weighted by molar-refractivity contribution is 7.15. The first-order chi connectivity index (χ1) is 4.74. The third-order valence-corrected chi connectivity index (χ3v) is 2.13. The van der Waals surface area contributed by atoms with Crippen LogP contribution in [0.25, 0.3) is 0 Å². The van der Waals surface area contributed by atoms with Gasteiger partial charge in [-0.15, -0.1) is 0 Å². The van der Waals surface area contributed by atoms with E-state index in [0.717, 1.165) is 9.94 Å². The van der Waals surface area contributed by atoms with Crippen LogP contribution in [0.15, 0.2) is 12.1 Å². The van der Waals surface area contributed by atoms with Crippen LogP contribution in [0.1, 0.15) is 4.88 Å². The molecule has 3 nitrogen and oxygen atoms in total. The maximum atomic E-state index is 7.06. The molecule has 0 bridgehead atoms. The Morgan fingerprint density at radius 3 is 2.70 bits per heavy atom. The van der Waals surface area contributed by atoms with Crippen molar-refractivity contribution in [3.8, 4) is 5.06 Å². The van der Waals surface area contributed by atoms with Gasteiger partial charge in [0, 0.05) is 0 Å². The van der Waals surface area contributed by atoms with Gasteiger partial charge in [-0.3, -0.25) is 5.41 Å². The molecule has 0 atom stereocenters. The van der Waals surface area contributed by atoms with Crippen LogP contribution in [0.4, 0.5) is 0 Å². The lowest BCUT2D eigenvalue weighted by atomic mass is 10.4. The number of hydrogen-bond donors (Lipinski definition) is 2. The molecule has 0 aliphatic heterocycles. The van der Waals surface area contributed by atoms with Crippen molar-refractivity contribution in [1.29, 1.82) is 5.41 Å². The van der Waals surface area contributed by atoms with E-state index in [0.29, 0.717) is 0 Å². The molecular formula is C6H8N2OS. The number of nitrogen functional groups attached to an aromatic ring is 1. The largest absolute Gasteiger partial charge is 0.487 e. The minimum atomic E-state index is 0.0910. The zero-order valence-corrected chi connectivity index (χ0v) is 6.37. The summed E-state index contributed by atoms with van der Waals surface area (Å²) in [7, 11) is 1.59. The molecule has 1 heterocycles. The number of hydrogen-bond acceptors (Lipinski definition) is 3. The molecule has 54 valence electrons. The van der Waals surface area contributed by atoms with Crippen molar-refractivity contribution in [1.82, 2.24) is 0 Å². The molecule has 0 amide bonds. The summed E-state index contributed by atoms with van der Waals surface area (Å²) in [6.07, 6.45) is 0. The van der Waals surface area contributed by atoms with Gasteiger partial charge in [0.15, 0.2) is 5.06 Å². The lowest BCUT2D eigenvalue weighted by molar-refractivity contribution is 0.427. The number of nitrogens with one attached hydrogen (secondary N) is 1. The first-order valence-corrected chi connectivity index (χ1v) is 3.54. The Labute approximate surface area is 62.9 Å². The molecule has 0 radical (unpaired) electrons. The van der Waals surface area contributed by atoms with Gasteiger partial charge in [-0.2, -0.15) is 0 Å². The summed E-state index contributed by atoms with van der Waals surface area (Å²) in [5, 5.41) is 7.84. The Balaban J connectivity index is 2.88. The monoisotopic (exact) mass is 156 g/mol. The van der Waals surface area contributed by atoms with Crippen LogP contribution in [0.2, 0.25) is 0 Å². The van der Waals surface area contributed by atoms with Gasteiger partial charge in [-0.25, -0.2) is 0 Å². The standard InChI is InChI=1S/C6H8N2OS/c1-9-5-3-2-4(10-5)6(7)8/h2-3H,1H3,(H3,7,8). The summed E-state index contributed by atoms with van der Waals surface area (Å²) >= 11 is 1.37. The normalized spacial score (nSPS) is 9.30. The fourth-order valence-corrected chi connectivity index (χ4v) is 1.26. The molecule has 0 saturated heterocycles. The average molecular weight is 156 g/mol. The molecule has 1 aromatic heterocycles. The van der Waals surface area contributed by atoms with E-state index in [1.807, 2.05) is 0 Å². The van der Waals surface area contributed by atoms with Crippen molar-refractivity contribution in [3.05, 3.63) is 17.0 Å². The number of nitrogens with two attached hydrogens (primary N) is 1. The molecule has 0 aliphatic rings. The minimum Gasteiger partial charge on any atom is -0.487 e. The molecule has 0 fully saturated rings. The van der Waals surface area contributed by atoms with E-state index in [-0.39, 0.29) is 5.84 Å². The minimum absolute atomic E-state index is 0.0910. The molecule has 0 aliphatic carbocycles. The van der Waals surface area contributed by atoms with E-state index in [1.165, 1.54) is 11.3 Å². The van der Waals surface area contributed by atoms with Gasteiger partial charge in [-0.1, -0.05) is 11.3 Å². The van der Waals surface area contributed by atoms with Crippen molar-refractivity contribution < 1.29 is 4.74 Å². The zero-order chi connectivity index (χ0) is 7.56. The fourth-order valence-electron chi connectivity index (χ4n) is 0.575.